The number of nitrogens with zero attached hydrogens (tertiary/aromatic N) is 2. The maximum atomic E-state index is 12.1. The Kier molecular flexibility index (Phi) is 5.47. The minimum atomic E-state index is -0.815. The third-order valence-corrected chi connectivity index (χ3v) is 5.53. The largest absolute Gasteiger partial charge is 0.481 e. The summed E-state index contributed by atoms with van der Waals surface area (Å²) in [6.07, 6.45) is 4.64. The Hall–Kier alpha value is -2.22. The van der Waals surface area contributed by atoms with Gasteiger partial charge in [0.25, 0.3) is 0 Å². The fourth-order valence-electron chi connectivity index (χ4n) is 3.13. The van der Waals surface area contributed by atoms with Gasteiger partial charge in [-0.1, -0.05) is 30.5 Å². The molecule has 1 aliphatic carbocycles. The predicted molar refractivity (Wildman–Crippen MR) is 92.1 cm³/mol. The first-order valence-corrected chi connectivity index (χ1v) is 9.34. The second-order valence-electron chi connectivity index (χ2n) is 6.41. The Morgan fingerprint density at radius 2 is 2.12 bits per heavy atom. The lowest BCUT2D eigenvalue weighted by Crippen LogP contribution is -2.44. The van der Waals surface area contributed by atoms with Crippen molar-refractivity contribution in [2.24, 2.45) is 5.41 Å². The normalized spacial score (nSPS) is 16.5. The number of hydrogen-bond donors (Lipinski definition) is 2. The van der Waals surface area contributed by atoms with Gasteiger partial charge in [-0.25, -0.2) is 0 Å². The number of aryl methyl sites for hydroxylation is 1. The van der Waals surface area contributed by atoms with Gasteiger partial charge in [-0.05, 0) is 24.3 Å². The highest BCUT2D eigenvalue weighted by Crippen LogP contribution is 2.36. The number of amides is 1. The van der Waals surface area contributed by atoms with E-state index in [4.69, 9.17) is 4.52 Å². The van der Waals surface area contributed by atoms with Crippen molar-refractivity contribution in [2.75, 3.05) is 6.54 Å². The van der Waals surface area contributed by atoms with E-state index in [0.717, 1.165) is 24.1 Å². The van der Waals surface area contributed by atoms with Crippen LogP contribution < -0.4 is 5.32 Å². The fraction of sp³-hybridized carbons (Fsp3) is 0.529. The van der Waals surface area contributed by atoms with Crippen LogP contribution in [0.1, 0.15) is 44.4 Å². The highest BCUT2D eigenvalue weighted by atomic mass is 32.1. The standard InChI is InChI=1S/C17H21N3O4S/c21-13(18-11-17(16(22)23)8-2-1-3-9-17)6-7-14-19-15(20-24-14)12-5-4-10-25-12/h4-5,10H,1-3,6-9,11H2,(H,18,21)(H,22,23). The van der Waals surface area contributed by atoms with Crippen molar-refractivity contribution < 1.29 is 19.2 Å². The van der Waals surface area contributed by atoms with Crippen LogP contribution in [0.2, 0.25) is 0 Å². The number of thiophene rings is 1. The number of carboxylic acid groups (broad SMARTS) is 1. The maximum absolute atomic E-state index is 12.1. The molecule has 1 amide bonds. The zero-order valence-corrected chi connectivity index (χ0v) is 14.7. The van der Waals surface area contributed by atoms with Gasteiger partial charge < -0.3 is 14.9 Å². The Morgan fingerprint density at radius 3 is 2.80 bits per heavy atom. The molecule has 134 valence electrons. The average molecular weight is 363 g/mol. The van der Waals surface area contributed by atoms with Gasteiger partial charge in [-0.2, -0.15) is 4.98 Å². The number of carbonyl (C=O) groups excluding carboxylic acids is 1. The van der Waals surface area contributed by atoms with Crippen molar-refractivity contribution in [2.45, 2.75) is 44.9 Å². The monoisotopic (exact) mass is 363 g/mol. The van der Waals surface area contributed by atoms with Gasteiger partial charge in [-0.15, -0.1) is 11.3 Å². The molecule has 0 unspecified atom stereocenters. The highest BCUT2D eigenvalue weighted by molar-refractivity contribution is 7.13. The predicted octanol–water partition coefficient (Wildman–Crippen LogP) is 2.88. The van der Waals surface area contributed by atoms with Crippen molar-refractivity contribution in [3.8, 4) is 10.7 Å². The zero-order valence-electron chi connectivity index (χ0n) is 13.9. The van der Waals surface area contributed by atoms with Crippen molar-refractivity contribution in [3.05, 3.63) is 23.4 Å². The quantitative estimate of drug-likeness (QED) is 0.783. The molecule has 2 heterocycles. The average Bonchev–Trinajstić information content (AvgIpc) is 3.30. The molecule has 0 aliphatic heterocycles. The van der Waals surface area contributed by atoms with E-state index < -0.39 is 11.4 Å². The van der Waals surface area contributed by atoms with Crippen LogP contribution in [0.15, 0.2) is 22.0 Å². The molecule has 2 N–H and O–H groups in total. The Bertz CT molecular complexity index is 720. The Morgan fingerprint density at radius 1 is 1.32 bits per heavy atom. The van der Waals surface area contributed by atoms with E-state index in [9.17, 15) is 14.7 Å². The summed E-state index contributed by atoms with van der Waals surface area (Å²) in [6, 6.07) is 3.81. The number of aromatic nitrogens is 2. The summed E-state index contributed by atoms with van der Waals surface area (Å²) >= 11 is 1.52. The number of nitrogens with one attached hydrogen (secondary N) is 1. The molecule has 8 heteroatoms. The molecular formula is C17H21N3O4S. The summed E-state index contributed by atoms with van der Waals surface area (Å²) in [5, 5.41) is 18.1. The van der Waals surface area contributed by atoms with E-state index >= 15 is 0 Å². The van der Waals surface area contributed by atoms with Crippen LogP contribution in [0.25, 0.3) is 10.7 Å². The van der Waals surface area contributed by atoms with Crippen LogP contribution in [-0.2, 0) is 16.0 Å². The third-order valence-electron chi connectivity index (χ3n) is 4.66. The molecule has 0 spiro atoms. The number of aliphatic carboxylic acids is 1. The summed E-state index contributed by atoms with van der Waals surface area (Å²) in [5.41, 5.74) is -0.815. The van der Waals surface area contributed by atoms with Crippen molar-refractivity contribution in [1.29, 1.82) is 0 Å². The SMILES string of the molecule is O=C(CCc1nc(-c2cccs2)no1)NCC1(C(=O)O)CCCCC1. The van der Waals surface area contributed by atoms with Crippen molar-refractivity contribution in [1.82, 2.24) is 15.5 Å². The van der Waals surface area contributed by atoms with Gasteiger partial charge in [0, 0.05) is 19.4 Å². The fourth-order valence-corrected chi connectivity index (χ4v) is 3.78. The molecule has 7 nitrogen and oxygen atoms in total. The Balaban J connectivity index is 1.49. The zero-order chi connectivity index (χ0) is 17.7. The van der Waals surface area contributed by atoms with Gasteiger partial charge >= 0.3 is 5.97 Å². The molecule has 2 aromatic heterocycles. The topological polar surface area (TPSA) is 105 Å². The lowest BCUT2D eigenvalue weighted by atomic mass is 9.74. The summed E-state index contributed by atoms with van der Waals surface area (Å²) in [6.45, 7) is 0.186. The van der Waals surface area contributed by atoms with E-state index in [1.165, 1.54) is 11.3 Å². The molecule has 0 saturated heterocycles. The second-order valence-corrected chi connectivity index (χ2v) is 7.36. The molecule has 0 atom stereocenters. The summed E-state index contributed by atoms with van der Waals surface area (Å²) in [4.78, 5) is 28.9. The number of carboxylic acids is 1. The van der Waals surface area contributed by atoms with Crippen LogP contribution in [-0.4, -0.2) is 33.7 Å². The summed E-state index contributed by atoms with van der Waals surface area (Å²) < 4.78 is 5.16. The first kappa shape index (κ1) is 17.6. The van der Waals surface area contributed by atoms with Gasteiger partial charge in [0.1, 0.15) is 0 Å². The molecular weight excluding hydrogens is 342 g/mol. The van der Waals surface area contributed by atoms with Crippen LogP contribution >= 0.6 is 11.3 Å². The van der Waals surface area contributed by atoms with Gasteiger partial charge in [0.05, 0.1) is 10.3 Å². The van der Waals surface area contributed by atoms with Gasteiger partial charge in [-0.3, -0.25) is 9.59 Å². The second kappa shape index (κ2) is 7.77. The molecule has 1 aliphatic rings. The molecule has 0 radical (unpaired) electrons. The smallest absolute Gasteiger partial charge is 0.311 e. The van der Waals surface area contributed by atoms with E-state index in [-0.39, 0.29) is 18.9 Å². The van der Waals surface area contributed by atoms with Gasteiger partial charge in [0.15, 0.2) is 0 Å². The molecule has 0 bridgehead atoms. The molecule has 3 rings (SSSR count). The first-order chi connectivity index (χ1) is 12.1. The van der Waals surface area contributed by atoms with E-state index in [1.54, 1.807) is 0 Å². The van der Waals surface area contributed by atoms with Crippen molar-refractivity contribution in [3.63, 3.8) is 0 Å². The van der Waals surface area contributed by atoms with Crippen LogP contribution in [0.3, 0.4) is 0 Å². The maximum Gasteiger partial charge on any atom is 0.311 e. The van der Waals surface area contributed by atoms with Crippen LogP contribution in [0, 0.1) is 5.41 Å². The summed E-state index contributed by atoms with van der Waals surface area (Å²) in [5.74, 6) is -0.0753. The van der Waals surface area contributed by atoms with E-state index in [0.29, 0.717) is 31.0 Å². The lowest BCUT2D eigenvalue weighted by Gasteiger charge is -2.33. The third kappa shape index (κ3) is 4.25. The van der Waals surface area contributed by atoms with Gasteiger partial charge in [0.2, 0.25) is 17.6 Å². The minimum Gasteiger partial charge on any atom is -0.481 e. The number of rotatable bonds is 7. The molecule has 1 fully saturated rings. The minimum absolute atomic E-state index is 0.186. The Labute approximate surface area is 149 Å². The van der Waals surface area contributed by atoms with Crippen molar-refractivity contribution >= 4 is 23.2 Å². The van der Waals surface area contributed by atoms with E-state index in [1.807, 2.05) is 17.5 Å². The van der Waals surface area contributed by atoms with Crippen LogP contribution in [0.5, 0.6) is 0 Å². The van der Waals surface area contributed by atoms with Crippen LogP contribution in [0.4, 0.5) is 0 Å². The molecule has 2 aromatic rings. The lowest BCUT2D eigenvalue weighted by molar-refractivity contribution is -0.151. The molecule has 1 saturated carbocycles. The molecule has 25 heavy (non-hydrogen) atoms. The summed E-state index contributed by atoms with van der Waals surface area (Å²) in [7, 11) is 0. The number of carbonyl (C=O) groups is 2. The molecule has 0 aromatic carbocycles. The number of hydrogen-bond acceptors (Lipinski definition) is 6. The van der Waals surface area contributed by atoms with E-state index in [2.05, 4.69) is 15.5 Å². The highest BCUT2D eigenvalue weighted by Gasteiger charge is 2.39. The first-order valence-electron chi connectivity index (χ1n) is 8.46.